The van der Waals surface area contributed by atoms with E-state index in [9.17, 15) is 9.90 Å². The maximum absolute atomic E-state index is 12.5. The van der Waals surface area contributed by atoms with Crippen molar-refractivity contribution in [2.24, 2.45) is 0 Å². The van der Waals surface area contributed by atoms with Crippen LogP contribution in [-0.2, 0) is 0 Å². The minimum absolute atomic E-state index is 0.0107. The van der Waals surface area contributed by atoms with Crippen LogP contribution >= 0.6 is 0 Å². The monoisotopic (exact) mass is 250 g/mol. The second kappa shape index (κ2) is 4.76. The van der Waals surface area contributed by atoms with Gasteiger partial charge in [-0.2, -0.15) is 0 Å². The van der Waals surface area contributed by atoms with Crippen molar-refractivity contribution in [1.82, 2.24) is 9.47 Å². The van der Waals surface area contributed by atoms with Crippen LogP contribution in [0.4, 0.5) is 0 Å². The first-order chi connectivity index (χ1) is 8.42. The van der Waals surface area contributed by atoms with Crippen LogP contribution in [0.25, 0.3) is 0 Å². The molecule has 1 aliphatic carbocycles. The van der Waals surface area contributed by atoms with Gasteiger partial charge in [0.15, 0.2) is 0 Å². The Morgan fingerprint density at radius 3 is 2.72 bits per heavy atom. The SMILES string of the molecule is CCN(CC(C)(C)O)C(=O)c1cccn1C1CC1. The third-order valence-corrected chi connectivity index (χ3v) is 3.19. The number of hydrogen-bond donors (Lipinski definition) is 1. The number of aliphatic hydroxyl groups is 1. The summed E-state index contributed by atoms with van der Waals surface area (Å²) in [4.78, 5) is 14.2. The predicted octanol–water partition coefficient (Wildman–Crippen LogP) is 2.06. The summed E-state index contributed by atoms with van der Waals surface area (Å²) in [6, 6.07) is 4.29. The van der Waals surface area contributed by atoms with Crippen molar-refractivity contribution in [1.29, 1.82) is 0 Å². The highest BCUT2D eigenvalue weighted by Gasteiger charge is 2.29. The van der Waals surface area contributed by atoms with E-state index >= 15 is 0 Å². The number of hydrogen-bond acceptors (Lipinski definition) is 2. The molecule has 1 heterocycles. The van der Waals surface area contributed by atoms with Crippen LogP contribution < -0.4 is 0 Å². The number of aromatic nitrogens is 1. The molecule has 1 aliphatic rings. The van der Waals surface area contributed by atoms with Crippen LogP contribution in [0.15, 0.2) is 18.3 Å². The molecule has 1 amide bonds. The molecule has 1 N–H and O–H groups in total. The molecule has 4 heteroatoms. The highest BCUT2D eigenvalue weighted by Crippen LogP contribution is 2.36. The van der Waals surface area contributed by atoms with Gasteiger partial charge >= 0.3 is 0 Å². The van der Waals surface area contributed by atoms with E-state index in [1.807, 2.05) is 25.3 Å². The standard InChI is InChI=1S/C14H22N2O2/c1-4-15(10-14(2,3)18)13(17)12-6-5-9-16(12)11-7-8-11/h5-6,9,11,18H,4,7-8,10H2,1-3H3. The molecule has 0 saturated heterocycles. The zero-order valence-corrected chi connectivity index (χ0v) is 11.4. The third kappa shape index (κ3) is 2.93. The highest BCUT2D eigenvalue weighted by molar-refractivity contribution is 5.93. The second-order valence-corrected chi connectivity index (χ2v) is 5.66. The molecule has 0 aromatic carbocycles. The van der Waals surface area contributed by atoms with Gasteiger partial charge in [0.2, 0.25) is 0 Å². The average Bonchev–Trinajstić information content (AvgIpc) is 3.02. The average molecular weight is 250 g/mol. The summed E-state index contributed by atoms with van der Waals surface area (Å²) < 4.78 is 2.06. The molecule has 1 fully saturated rings. The minimum atomic E-state index is -0.858. The lowest BCUT2D eigenvalue weighted by Crippen LogP contribution is -2.42. The predicted molar refractivity (Wildman–Crippen MR) is 70.6 cm³/mol. The van der Waals surface area contributed by atoms with Gasteiger partial charge < -0.3 is 14.6 Å². The Kier molecular flexibility index (Phi) is 3.48. The Morgan fingerprint density at radius 2 is 2.22 bits per heavy atom. The summed E-state index contributed by atoms with van der Waals surface area (Å²) >= 11 is 0. The fourth-order valence-electron chi connectivity index (χ4n) is 2.20. The van der Waals surface area contributed by atoms with Crippen molar-refractivity contribution < 1.29 is 9.90 Å². The summed E-state index contributed by atoms with van der Waals surface area (Å²) in [6.45, 7) is 6.36. The number of rotatable bonds is 5. The molecule has 1 saturated carbocycles. The van der Waals surface area contributed by atoms with E-state index in [0.717, 1.165) is 18.5 Å². The van der Waals surface area contributed by atoms with E-state index in [1.54, 1.807) is 18.7 Å². The lowest BCUT2D eigenvalue weighted by molar-refractivity contribution is 0.0309. The van der Waals surface area contributed by atoms with Gasteiger partial charge in [-0.25, -0.2) is 0 Å². The quantitative estimate of drug-likeness (QED) is 0.869. The Morgan fingerprint density at radius 1 is 1.56 bits per heavy atom. The third-order valence-electron chi connectivity index (χ3n) is 3.19. The largest absolute Gasteiger partial charge is 0.389 e. The summed E-state index contributed by atoms with van der Waals surface area (Å²) in [6.07, 6.45) is 4.29. The van der Waals surface area contributed by atoms with Crippen LogP contribution in [-0.4, -0.2) is 39.2 Å². The maximum atomic E-state index is 12.5. The van der Waals surface area contributed by atoms with Crippen molar-refractivity contribution >= 4 is 5.91 Å². The van der Waals surface area contributed by atoms with Gasteiger partial charge in [0, 0.05) is 25.3 Å². The number of likely N-dealkylation sites (N-methyl/N-ethyl adjacent to an activating group) is 1. The fourth-order valence-corrected chi connectivity index (χ4v) is 2.20. The minimum Gasteiger partial charge on any atom is -0.389 e. The molecule has 0 atom stereocenters. The number of nitrogens with zero attached hydrogens (tertiary/aromatic N) is 2. The van der Waals surface area contributed by atoms with Crippen molar-refractivity contribution in [3.05, 3.63) is 24.0 Å². The summed E-state index contributed by atoms with van der Waals surface area (Å²) in [5.41, 5.74) is -0.119. The first kappa shape index (κ1) is 13.1. The molecule has 1 aromatic rings. The zero-order valence-electron chi connectivity index (χ0n) is 11.4. The van der Waals surface area contributed by atoms with Gasteiger partial charge in [0.1, 0.15) is 5.69 Å². The molecule has 0 spiro atoms. The van der Waals surface area contributed by atoms with Crippen molar-refractivity contribution in [2.45, 2.75) is 45.3 Å². The van der Waals surface area contributed by atoms with E-state index < -0.39 is 5.60 Å². The Hall–Kier alpha value is -1.29. The molecule has 4 nitrogen and oxygen atoms in total. The molecule has 0 aliphatic heterocycles. The molecular weight excluding hydrogens is 228 g/mol. The number of amides is 1. The molecule has 100 valence electrons. The lowest BCUT2D eigenvalue weighted by Gasteiger charge is -2.28. The van der Waals surface area contributed by atoms with E-state index in [4.69, 9.17) is 0 Å². The van der Waals surface area contributed by atoms with Crippen LogP contribution in [0.5, 0.6) is 0 Å². The zero-order chi connectivity index (χ0) is 13.3. The van der Waals surface area contributed by atoms with Crippen LogP contribution in [0.3, 0.4) is 0 Å². The molecule has 1 aromatic heterocycles. The maximum Gasteiger partial charge on any atom is 0.270 e. The van der Waals surface area contributed by atoms with Crippen LogP contribution in [0.2, 0.25) is 0 Å². The normalized spacial score (nSPS) is 15.8. The first-order valence-corrected chi connectivity index (χ1v) is 6.61. The van der Waals surface area contributed by atoms with Crippen molar-refractivity contribution in [3.63, 3.8) is 0 Å². The van der Waals surface area contributed by atoms with Crippen LogP contribution in [0.1, 0.15) is 50.1 Å². The van der Waals surface area contributed by atoms with Crippen LogP contribution in [0, 0.1) is 0 Å². The molecule has 18 heavy (non-hydrogen) atoms. The summed E-state index contributed by atoms with van der Waals surface area (Å²) in [7, 11) is 0. The van der Waals surface area contributed by atoms with Gasteiger partial charge in [-0.05, 0) is 45.7 Å². The van der Waals surface area contributed by atoms with Gasteiger partial charge in [-0.15, -0.1) is 0 Å². The Balaban J connectivity index is 2.15. The topological polar surface area (TPSA) is 45.5 Å². The molecule has 0 unspecified atom stereocenters. The van der Waals surface area contributed by atoms with Gasteiger partial charge in [-0.3, -0.25) is 4.79 Å². The second-order valence-electron chi connectivity index (χ2n) is 5.66. The Labute approximate surface area is 108 Å². The van der Waals surface area contributed by atoms with E-state index in [2.05, 4.69) is 4.57 Å². The van der Waals surface area contributed by atoms with Gasteiger partial charge in [0.25, 0.3) is 5.91 Å². The molecule has 2 rings (SSSR count). The molecule has 0 bridgehead atoms. The van der Waals surface area contributed by atoms with E-state index in [0.29, 0.717) is 19.1 Å². The molecular formula is C14H22N2O2. The fraction of sp³-hybridized carbons (Fsp3) is 0.643. The highest BCUT2D eigenvalue weighted by atomic mass is 16.3. The van der Waals surface area contributed by atoms with Crippen molar-refractivity contribution in [2.75, 3.05) is 13.1 Å². The molecule has 0 radical (unpaired) electrons. The number of carbonyl (C=O) groups is 1. The smallest absolute Gasteiger partial charge is 0.270 e. The lowest BCUT2D eigenvalue weighted by atomic mass is 10.1. The van der Waals surface area contributed by atoms with E-state index in [1.165, 1.54) is 0 Å². The van der Waals surface area contributed by atoms with Gasteiger partial charge in [-0.1, -0.05) is 0 Å². The summed E-state index contributed by atoms with van der Waals surface area (Å²) in [5, 5.41) is 9.86. The van der Waals surface area contributed by atoms with Crippen molar-refractivity contribution in [3.8, 4) is 0 Å². The van der Waals surface area contributed by atoms with Gasteiger partial charge in [0.05, 0.1) is 5.60 Å². The van der Waals surface area contributed by atoms with E-state index in [-0.39, 0.29) is 5.91 Å². The number of carbonyl (C=O) groups excluding carboxylic acids is 1. The summed E-state index contributed by atoms with van der Waals surface area (Å²) in [5.74, 6) is 0.0107. The Bertz CT molecular complexity index is 427. The first-order valence-electron chi connectivity index (χ1n) is 6.61.